The molecular formula is C12H24Ac2O9S3. The molecule has 3 fully saturated rings. The summed E-state index contributed by atoms with van der Waals surface area (Å²) in [6.07, 6.45) is -2.39. The Kier molecular flexibility index (Phi) is 23.5. The summed E-state index contributed by atoms with van der Waals surface area (Å²) in [6.45, 7) is 0.101. The number of aliphatic hydroxyl groups is 6. The summed E-state index contributed by atoms with van der Waals surface area (Å²) in [4.78, 5) is 0. The molecule has 150 valence electrons. The van der Waals surface area contributed by atoms with Crippen molar-refractivity contribution in [1.29, 1.82) is 0 Å². The molecule has 0 aliphatic carbocycles. The van der Waals surface area contributed by atoms with Crippen LogP contribution in [0.4, 0.5) is 0 Å². The molecule has 14 heteroatoms. The first-order valence-electron chi connectivity index (χ1n) is 7.15. The topological polar surface area (TPSA) is 149 Å². The summed E-state index contributed by atoms with van der Waals surface area (Å²) >= 11 is 4.25. The largest absolute Gasteiger partial charge is 0.393 e. The maximum absolute atomic E-state index is 8.86. The van der Waals surface area contributed by atoms with E-state index in [1.807, 2.05) is 0 Å². The summed E-state index contributed by atoms with van der Waals surface area (Å²) < 4.78 is 13.9. The predicted octanol–water partition coefficient (Wildman–Crippen LogP) is -1.84. The Bertz CT molecular complexity index is 282. The molecule has 0 saturated carbocycles. The number of hydrogen-bond donors (Lipinski definition) is 6. The van der Waals surface area contributed by atoms with Crippen LogP contribution in [0, 0.1) is 88.1 Å². The van der Waals surface area contributed by atoms with Crippen LogP contribution in [0.5, 0.6) is 0 Å². The van der Waals surface area contributed by atoms with Crippen LogP contribution in [-0.2, 0) is 14.2 Å². The van der Waals surface area contributed by atoms with Gasteiger partial charge >= 0.3 is 0 Å². The Morgan fingerprint density at radius 2 is 1.15 bits per heavy atom. The van der Waals surface area contributed by atoms with Gasteiger partial charge in [0.1, 0.15) is 29.5 Å². The van der Waals surface area contributed by atoms with E-state index in [9.17, 15) is 0 Å². The van der Waals surface area contributed by atoms with E-state index in [2.05, 4.69) is 9.47 Å². The predicted molar refractivity (Wildman–Crippen MR) is 91.3 cm³/mol. The Morgan fingerprint density at radius 3 is 1.38 bits per heavy atom. The molecular weight excluding hydrogens is 838 g/mol. The van der Waals surface area contributed by atoms with Crippen molar-refractivity contribution < 1.29 is 133 Å². The van der Waals surface area contributed by atoms with Gasteiger partial charge in [0, 0.05) is 105 Å². The van der Waals surface area contributed by atoms with E-state index >= 15 is 0 Å². The van der Waals surface area contributed by atoms with E-state index in [4.69, 9.17) is 35.4 Å². The molecule has 0 spiro atoms. The van der Waals surface area contributed by atoms with E-state index < -0.39 is 18.9 Å². The Morgan fingerprint density at radius 1 is 0.692 bits per heavy atom. The van der Waals surface area contributed by atoms with E-state index in [0.717, 1.165) is 0 Å². The third-order valence-corrected chi connectivity index (χ3v) is 6.26. The van der Waals surface area contributed by atoms with Crippen molar-refractivity contribution in [3.63, 3.8) is 0 Å². The van der Waals surface area contributed by atoms with Crippen LogP contribution in [0.15, 0.2) is 0 Å². The van der Waals surface area contributed by atoms with Crippen LogP contribution in [0.2, 0.25) is 0 Å². The standard InChI is InChI=1S/C4H8O4.C4H8O3S.C4H8O2S2.2Ac/c5-3-1-7-4(6)2-8-3;5-1-4-7-3(6)2-8-4;5-3-1-7-4(6)2-8-3;;/h3*3-6H,1-2H2;;. The monoisotopic (exact) mass is 862 g/mol. The quantitative estimate of drug-likeness (QED) is 0.176. The van der Waals surface area contributed by atoms with Gasteiger partial charge in [-0.25, -0.2) is 0 Å². The average molecular weight is 863 g/mol. The van der Waals surface area contributed by atoms with Gasteiger partial charge in [-0.2, -0.15) is 0 Å². The molecule has 0 amide bonds. The average Bonchev–Trinajstić information content (AvgIpc) is 3.00. The smallest absolute Gasteiger partial charge is 0.178 e. The van der Waals surface area contributed by atoms with E-state index in [-0.39, 0.29) is 124 Å². The molecule has 9 nitrogen and oxygen atoms in total. The summed E-state index contributed by atoms with van der Waals surface area (Å²) in [6, 6.07) is 0. The first-order valence-corrected chi connectivity index (χ1v) is 10.3. The zero-order chi connectivity index (χ0) is 17.9. The van der Waals surface area contributed by atoms with Gasteiger partial charge in [0.2, 0.25) is 0 Å². The molecule has 6 unspecified atom stereocenters. The Balaban J connectivity index is 0. The van der Waals surface area contributed by atoms with Crippen molar-refractivity contribution in [3.05, 3.63) is 0 Å². The molecule has 3 rings (SSSR count). The van der Waals surface area contributed by atoms with Gasteiger partial charge in [0.05, 0.1) is 6.61 Å². The Hall–Kier alpha value is 3.57. The van der Waals surface area contributed by atoms with Gasteiger partial charge < -0.3 is 44.8 Å². The molecule has 6 N–H and O–H groups in total. The molecule has 6 atom stereocenters. The van der Waals surface area contributed by atoms with Gasteiger partial charge in [0.15, 0.2) is 18.9 Å². The summed E-state index contributed by atoms with van der Waals surface area (Å²) in [5.41, 5.74) is -0.725. The number of rotatable bonds is 1. The number of hydrogen-bond acceptors (Lipinski definition) is 12. The fourth-order valence-corrected chi connectivity index (χ4v) is 4.29. The summed E-state index contributed by atoms with van der Waals surface area (Å²) in [5, 5.41) is 52.0. The van der Waals surface area contributed by atoms with Crippen LogP contribution in [-0.4, -0.2) is 103 Å². The minimum absolute atomic E-state index is 0. The molecule has 3 saturated heterocycles. The summed E-state index contributed by atoms with van der Waals surface area (Å²) in [7, 11) is 0. The first kappa shape index (κ1) is 31.8. The van der Waals surface area contributed by atoms with Crippen molar-refractivity contribution in [2.75, 3.05) is 37.1 Å². The number of thioether (sulfide) groups is 3. The molecule has 3 heterocycles. The molecule has 3 aliphatic rings. The van der Waals surface area contributed by atoms with E-state index in [1.54, 1.807) is 0 Å². The zero-order valence-corrected chi connectivity index (χ0v) is 25.9. The van der Waals surface area contributed by atoms with E-state index in [1.165, 1.54) is 35.3 Å². The van der Waals surface area contributed by atoms with Crippen LogP contribution >= 0.6 is 35.3 Å². The molecule has 0 aromatic carbocycles. The van der Waals surface area contributed by atoms with Crippen LogP contribution in [0.25, 0.3) is 0 Å². The number of aliphatic hydroxyl groups excluding tert-OH is 6. The maximum Gasteiger partial charge on any atom is 0.178 e. The normalized spacial score (nSPS) is 36.2. The minimum Gasteiger partial charge on any atom is -0.393 e. The van der Waals surface area contributed by atoms with Gasteiger partial charge in [-0.1, -0.05) is 0 Å². The second-order valence-electron chi connectivity index (χ2n) is 4.69. The maximum atomic E-state index is 8.86. The zero-order valence-electron chi connectivity index (χ0n) is 14.0. The SMILES string of the molecule is OC1COC(O)CO1.OC1CSC(O)CS1.OCC1OC(O)CS1.[Ac].[Ac]. The first-order chi connectivity index (χ1) is 11.4. The molecule has 0 aromatic rings. The van der Waals surface area contributed by atoms with Gasteiger partial charge in [-0.15, -0.1) is 35.3 Å². The van der Waals surface area contributed by atoms with Crippen LogP contribution in [0.3, 0.4) is 0 Å². The molecule has 3 aliphatic heterocycles. The summed E-state index contributed by atoms with van der Waals surface area (Å²) in [5.74, 6) is 1.89. The van der Waals surface area contributed by atoms with Crippen molar-refractivity contribution in [1.82, 2.24) is 0 Å². The molecule has 0 bridgehead atoms. The minimum atomic E-state index is -0.863. The van der Waals surface area contributed by atoms with Crippen LogP contribution < -0.4 is 0 Å². The Labute approximate surface area is 236 Å². The van der Waals surface area contributed by atoms with Crippen LogP contribution in [0.1, 0.15) is 0 Å². The molecule has 26 heavy (non-hydrogen) atoms. The van der Waals surface area contributed by atoms with Gasteiger partial charge in [-0.3, -0.25) is 0 Å². The van der Waals surface area contributed by atoms with Crippen molar-refractivity contribution in [2.24, 2.45) is 0 Å². The second kappa shape index (κ2) is 19.3. The second-order valence-corrected chi connectivity index (χ2v) is 8.30. The fraction of sp³-hybridized carbons (Fsp3) is 1.00. The molecule has 0 aromatic heterocycles. The van der Waals surface area contributed by atoms with Crippen molar-refractivity contribution >= 4 is 35.3 Å². The molecule has 2 radical (unpaired) electrons. The van der Waals surface area contributed by atoms with Gasteiger partial charge in [-0.05, 0) is 0 Å². The third-order valence-electron chi connectivity index (χ3n) is 2.61. The van der Waals surface area contributed by atoms with Crippen molar-refractivity contribution in [3.8, 4) is 0 Å². The fourth-order valence-electron chi connectivity index (χ4n) is 1.51. The number of ether oxygens (including phenoxy) is 3. The third kappa shape index (κ3) is 16.3. The van der Waals surface area contributed by atoms with Crippen molar-refractivity contribution in [2.45, 2.75) is 35.2 Å². The van der Waals surface area contributed by atoms with E-state index in [0.29, 0.717) is 17.3 Å². The van der Waals surface area contributed by atoms with Gasteiger partial charge in [0.25, 0.3) is 0 Å².